The minimum absolute atomic E-state index is 0.226. The van der Waals surface area contributed by atoms with Gasteiger partial charge in [0.1, 0.15) is 5.82 Å². The highest BCUT2D eigenvalue weighted by Crippen LogP contribution is 2.08. The van der Waals surface area contributed by atoms with Gasteiger partial charge in [0.05, 0.1) is 19.3 Å². The van der Waals surface area contributed by atoms with Gasteiger partial charge < -0.3 is 20.1 Å². The Hall–Kier alpha value is -1.66. The summed E-state index contributed by atoms with van der Waals surface area (Å²) >= 11 is 0. The second-order valence-corrected chi connectivity index (χ2v) is 5.46. The first-order valence-electron chi connectivity index (χ1n) is 8.24. The Morgan fingerprint density at radius 1 is 1.35 bits per heavy atom. The van der Waals surface area contributed by atoms with Gasteiger partial charge in [-0.2, -0.15) is 0 Å². The number of nitrogens with zero attached hydrogens (tertiary/aromatic N) is 1. The summed E-state index contributed by atoms with van der Waals surface area (Å²) in [4.78, 5) is 4.50. The van der Waals surface area contributed by atoms with Crippen molar-refractivity contribution in [3.63, 3.8) is 0 Å². The van der Waals surface area contributed by atoms with Gasteiger partial charge in [0.2, 0.25) is 0 Å². The zero-order chi connectivity index (χ0) is 16.3. The van der Waals surface area contributed by atoms with Gasteiger partial charge in [0.15, 0.2) is 5.96 Å². The first kappa shape index (κ1) is 17.7. The van der Waals surface area contributed by atoms with E-state index in [4.69, 9.17) is 9.47 Å². The van der Waals surface area contributed by atoms with Crippen molar-refractivity contribution in [2.75, 3.05) is 32.9 Å². The molecule has 0 spiro atoms. The molecule has 1 aromatic rings. The normalized spacial score (nSPS) is 18.2. The Morgan fingerprint density at radius 3 is 2.87 bits per heavy atom. The summed E-state index contributed by atoms with van der Waals surface area (Å²) in [5, 5.41) is 6.48. The summed E-state index contributed by atoms with van der Waals surface area (Å²) in [6.45, 7) is 6.38. The Bertz CT molecular complexity index is 473. The van der Waals surface area contributed by atoms with E-state index in [1.165, 1.54) is 12.1 Å². The molecule has 128 valence electrons. The van der Waals surface area contributed by atoms with E-state index < -0.39 is 0 Å². The third kappa shape index (κ3) is 6.97. The molecule has 1 heterocycles. The van der Waals surface area contributed by atoms with E-state index in [1.54, 1.807) is 12.1 Å². The van der Waals surface area contributed by atoms with Crippen LogP contribution >= 0.6 is 0 Å². The number of hydrogen-bond donors (Lipinski definition) is 2. The maximum absolute atomic E-state index is 12.9. The quantitative estimate of drug-likeness (QED) is 0.437. The molecular weight excluding hydrogens is 297 g/mol. The standard InChI is InChI=1S/C17H26FN3O2/c1-2-19-17(21-12-14-4-6-15(18)7-5-14)20-9-3-10-23-16-8-11-22-13-16/h4-7,16H,2-3,8-13H2,1H3,(H2,19,20,21). The van der Waals surface area contributed by atoms with Crippen molar-refractivity contribution in [3.05, 3.63) is 35.6 Å². The first-order chi connectivity index (χ1) is 11.3. The van der Waals surface area contributed by atoms with Gasteiger partial charge in [-0.15, -0.1) is 0 Å². The summed E-state index contributed by atoms with van der Waals surface area (Å²) in [6, 6.07) is 6.41. The summed E-state index contributed by atoms with van der Waals surface area (Å²) in [5.74, 6) is 0.538. The Balaban J connectivity index is 1.67. The van der Waals surface area contributed by atoms with E-state index in [0.29, 0.717) is 6.54 Å². The Kier molecular flexibility index (Phi) is 7.83. The summed E-state index contributed by atoms with van der Waals surface area (Å²) < 4.78 is 23.9. The van der Waals surface area contributed by atoms with Crippen LogP contribution in [0.4, 0.5) is 4.39 Å². The number of hydrogen-bond acceptors (Lipinski definition) is 3. The van der Waals surface area contributed by atoms with Crippen LogP contribution in [0.15, 0.2) is 29.3 Å². The van der Waals surface area contributed by atoms with Crippen molar-refractivity contribution in [1.29, 1.82) is 0 Å². The van der Waals surface area contributed by atoms with Gasteiger partial charge in [0.25, 0.3) is 0 Å². The van der Waals surface area contributed by atoms with Crippen LogP contribution in [0.5, 0.6) is 0 Å². The zero-order valence-electron chi connectivity index (χ0n) is 13.7. The third-order valence-corrected chi connectivity index (χ3v) is 3.53. The summed E-state index contributed by atoms with van der Waals surface area (Å²) in [7, 11) is 0. The van der Waals surface area contributed by atoms with Gasteiger partial charge in [-0.25, -0.2) is 9.38 Å². The fourth-order valence-electron chi connectivity index (χ4n) is 2.28. The lowest BCUT2D eigenvalue weighted by atomic mass is 10.2. The number of rotatable bonds is 8. The molecule has 2 rings (SSSR count). The van der Waals surface area contributed by atoms with E-state index in [0.717, 1.165) is 57.3 Å². The Morgan fingerprint density at radius 2 is 2.17 bits per heavy atom. The average Bonchev–Trinajstić information content (AvgIpc) is 3.07. The predicted molar refractivity (Wildman–Crippen MR) is 89.0 cm³/mol. The summed E-state index contributed by atoms with van der Waals surface area (Å²) in [5.41, 5.74) is 0.980. The molecule has 0 radical (unpaired) electrons. The topological polar surface area (TPSA) is 54.9 Å². The lowest BCUT2D eigenvalue weighted by molar-refractivity contribution is 0.0420. The van der Waals surface area contributed by atoms with Crippen LogP contribution in [0.1, 0.15) is 25.3 Å². The molecular formula is C17H26FN3O2. The molecule has 1 aromatic carbocycles. The fourth-order valence-corrected chi connectivity index (χ4v) is 2.28. The van der Waals surface area contributed by atoms with Crippen LogP contribution in [-0.2, 0) is 16.0 Å². The van der Waals surface area contributed by atoms with Crippen molar-refractivity contribution in [1.82, 2.24) is 10.6 Å². The predicted octanol–water partition coefficient (Wildman–Crippen LogP) is 2.08. The largest absolute Gasteiger partial charge is 0.379 e. The van der Waals surface area contributed by atoms with Crippen LogP contribution in [0, 0.1) is 5.82 Å². The molecule has 0 aromatic heterocycles. The molecule has 5 nitrogen and oxygen atoms in total. The highest BCUT2D eigenvalue weighted by atomic mass is 19.1. The van der Waals surface area contributed by atoms with Gasteiger partial charge >= 0.3 is 0 Å². The van der Waals surface area contributed by atoms with Crippen LogP contribution in [0.2, 0.25) is 0 Å². The smallest absolute Gasteiger partial charge is 0.191 e. The lowest BCUT2D eigenvalue weighted by Crippen LogP contribution is -2.38. The molecule has 6 heteroatoms. The van der Waals surface area contributed by atoms with Crippen molar-refractivity contribution in [2.45, 2.75) is 32.4 Å². The summed E-state index contributed by atoms with van der Waals surface area (Å²) in [6.07, 6.45) is 2.17. The minimum Gasteiger partial charge on any atom is -0.379 e. The van der Waals surface area contributed by atoms with E-state index in [1.807, 2.05) is 6.92 Å². The van der Waals surface area contributed by atoms with E-state index in [9.17, 15) is 4.39 Å². The van der Waals surface area contributed by atoms with Crippen molar-refractivity contribution < 1.29 is 13.9 Å². The molecule has 1 fully saturated rings. The fraction of sp³-hybridized carbons (Fsp3) is 0.588. The van der Waals surface area contributed by atoms with Crippen LogP contribution < -0.4 is 10.6 Å². The molecule has 0 saturated carbocycles. The Labute approximate surface area is 137 Å². The van der Waals surface area contributed by atoms with E-state index >= 15 is 0 Å². The molecule has 1 atom stereocenters. The number of halogens is 1. The molecule has 0 bridgehead atoms. The monoisotopic (exact) mass is 323 g/mol. The second-order valence-electron chi connectivity index (χ2n) is 5.46. The van der Waals surface area contributed by atoms with E-state index in [2.05, 4.69) is 15.6 Å². The number of aliphatic imine (C=N–C) groups is 1. The molecule has 0 aliphatic carbocycles. The zero-order valence-corrected chi connectivity index (χ0v) is 13.7. The molecule has 0 amide bonds. The second kappa shape index (κ2) is 10.2. The van der Waals surface area contributed by atoms with Crippen molar-refractivity contribution >= 4 is 5.96 Å². The minimum atomic E-state index is -0.226. The van der Waals surface area contributed by atoms with E-state index in [-0.39, 0.29) is 11.9 Å². The number of ether oxygens (including phenoxy) is 2. The number of nitrogens with one attached hydrogen (secondary N) is 2. The van der Waals surface area contributed by atoms with Gasteiger partial charge in [-0.3, -0.25) is 0 Å². The molecule has 1 aliphatic heterocycles. The molecule has 1 saturated heterocycles. The number of benzene rings is 1. The molecule has 1 unspecified atom stereocenters. The maximum atomic E-state index is 12.9. The molecule has 23 heavy (non-hydrogen) atoms. The van der Waals surface area contributed by atoms with Crippen molar-refractivity contribution in [3.8, 4) is 0 Å². The SMILES string of the molecule is CCNC(=NCc1ccc(F)cc1)NCCCOC1CCOC1. The first-order valence-corrected chi connectivity index (χ1v) is 8.24. The van der Waals surface area contributed by atoms with Crippen LogP contribution in [-0.4, -0.2) is 45.0 Å². The van der Waals surface area contributed by atoms with Crippen LogP contribution in [0.25, 0.3) is 0 Å². The van der Waals surface area contributed by atoms with Crippen LogP contribution in [0.3, 0.4) is 0 Å². The van der Waals surface area contributed by atoms with Gasteiger partial charge in [-0.05, 0) is 37.5 Å². The average molecular weight is 323 g/mol. The number of guanidine groups is 1. The van der Waals surface area contributed by atoms with Crippen molar-refractivity contribution in [2.24, 2.45) is 4.99 Å². The molecule has 2 N–H and O–H groups in total. The van der Waals surface area contributed by atoms with Gasteiger partial charge in [-0.1, -0.05) is 12.1 Å². The highest BCUT2D eigenvalue weighted by Gasteiger charge is 2.15. The molecule has 1 aliphatic rings. The highest BCUT2D eigenvalue weighted by molar-refractivity contribution is 5.79. The van der Waals surface area contributed by atoms with Gasteiger partial charge in [0, 0.05) is 26.3 Å². The third-order valence-electron chi connectivity index (χ3n) is 3.53. The maximum Gasteiger partial charge on any atom is 0.191 e. The lowest BCUT2D eigenvalue weighted by Gasteiger charge is -2.13.